The molecular formula is C35H36Cl3F3N4O13S. The van der Waals surface area contributed by atoms with E-state index in [-0.39, 0.29) is 11.5 Å². The molecule has 1 amide bonds. The number of carbonyl (C=O) groups excluding carboxylic acids is 4. The molecule has 5 rings (SSSR count). The van der Waals surface area contributed by atoms with Gasteiger partial charge < -0.3 is 47.9 Å². The highest BCUT2D eigenvalue weighted by atomic mass is 35.6. The fourth-order valence-electron chi connectivity index (χ4n) is 6.36. The van der Waals surface area contributed by atoms with Crippen LogP contribution in [0.15, 0.2) is 64.6 Å². The van der Waals surface area contributed by atoms with Crippen LogP contribution in [0.3, 0.4) is 0 Å². The van der Waals surface area contributed by atoms with Crippen molar-refractivity contribution in [2.45, 2.75) is 102 Å². The van der Waals surface area contributed by atoms with E-state index in [1.54, 1.807) is 30.3 Å². The second-order valence-electron chi connectivity index (χ2n) is 13.0. The first kappa shape index (κ1) is 46.3. The zero-order chi connectivity index (χ0) is 43.1. The molecule has 0 radical (unpaired) electrons. The normalized spacial score (nSPS) is 29.5. The third kappa shape index (κ3) is 12.6. The van der Waals surface area contributed by atoms with E-state index < -0.39 is 119 Å². The monoisotopic (exact) mass is 914 g/mol. The van der Waals surface area contributed by atoms with E-state index in [4.69, 9.17) is 77.4 Å². The van der Waals surface area contributed by atoms with Gasteiger partial charge in [-0.25, -0.2) is 4.79 Å². The minimum atomic E-state index is -4.82. The summed E-state index contributed by atoms with van der Waals surface area (Å²) in [6.07, 6.45) is -17.5. The molecular weight excluding hydrogens is 880 g/mol. The number of fused-ring (bicyclic) bond motifs is 1. The number of benzene rings is 2. The number of hydrogen-bond donors (Lipinski definition) is 1. The number of alkyl carbamates (subject to hydrolysis) is 1. The van der Waals surface area contributed by atoms with Crippen LogP contribution >= 0.6 is 46.6 Å². The van der Waals surface area contributed by atoms with Gasteiger partial charge in [0.05, 0.1) is 18.2 Å². The minimum Gasteiger partial charge on any atom is -0.463 e. The number of ether oxygens (including phenoxy) is 9. The van der Waals surface area contributed by atoms with Crippen LogP contribution in [0.1, 0.15) is 38.2 Å². The Morgan fingerprint density at radius 1 is 0.898 bits per heavy atom. The van der Waals surface area contributed by atoms with Crippen LogP contribution in [0.25, 0.3) is 10.4 Å². The van der Waals surface area contributed by atoms with Gasteiger partial charge in [0.2, 0.25) is 3.79 Å². The molecule has 3 fully saturated rings. The number of nitrogens with one attached hydrogen (secondary N) is 1. The van der Waals surface area contributed by atoms with Crippen LogP contribution < -0.4 is 5.32 Å². The maximum absolute atomic E-state index is 14.3. The standard InChI is InChI=1S/C35H36Cl3F3N4O13S/c1-16(46)50-13-21-26(53-17(2)47)28(54-18(3)48)24(44-45-42)31(55-21)58-29-25(43-33(49)52-15-34(36,37)38)32(59-23-12-8-7-11-20(23)35(39,40)41)56-22-14-51-30(57-27(22)29)19-9-5-4-6-10-19/h4-12,21-22,24-32H,13-15H2,1-3H3,(H,43,49)/t21-,22-,24-,25-,26-,27-,28-,29-,30-,31-,32+/m1/s1. The molecule has 3 aliphatic heterocycles. The van der Waals surface area contributed by atoms with E-state index >= 15 is 0 Å². The van der Waals surface area contributed by atoms with Crippen molar-refractivity contribution in [3.63, 3.8) is 0 Å². The number of halogens is 6. The van der Waals surface area contributed by atoms with Crippen LogP contribution in [-0.2, 0) is 63.2 Å². The fourth-order valence-corrected chi connectivity index (χ4v) is 7.81. The molecule has 1 N–H and O–H groups in total. The number of azide groups is 1. The summed E-state index contributed by atoms with van der Waals surface area (Å²) in [7, 11) is 0. The van der Waals surface area contributed by atoms with E-state index in [1.807, 2.05) is 0 Å². The zero-order valence-corrected chi connectivity index (χ0v) is 34.1. The van der Waals surface area contributed by atoms with Crippen molar-refractivity contribution in [3.05, 3.63) is 76.2 Å². The van der Waals surface area contributed by atoms with Gasteiger partial charge in [0.1, 0.15) is 49.1 Å². The van der Waals surface area contributed by atoms with E-state index in [0.29, 0.717) is 17.3 Å². The molecule has 59 heavy (non-hydrogen) atoms. The van der Waals surface area contributed by atoms with Gasteiger partial charge in [-0.3, -0.25) is 14.4 Å². The van der Waals surface area contributed by atoms with E-state index in [9.17, 15) is 37.9 Å². The van der Waals surface area contributed by atoms with Crippen molar-refractivity contribution in [3.8, 4) is 0 Å². The van der Waals surface area contributed by atoms with Crippen molar-refractivity contribution in [2.24, 2.45) is 5.11 Å². The van der Waals surface area contributed by atoms with Crippen LogP contribution in [0.2, 0.25) is 0 Å². The highest BCUT2D eigenvalue weighted by Crippen LogP contribution is 2.45. The van der Waals surface area contributed by atoms with Gasteiger partial charge in [-0.05, 0) is 17.7 Å². The fraction of sp³-hybridized carbons (Fsp3) is 0.543. The molecule has 11 atom stereocenters. The molecule has 0 bridgehead atoms. The van der Waals surface area contributed by atoms with Crippen molar-refractivity contribution in [1.29, 1.82) is 0 Å². The summed E-state index contributed by atoms with van der Waals surface area (Å²) < 4.78 is 93.5. The molecule has 0 spiro atoms. The highest BCUT2D eigenvalue weighted by molar-refractivity contribution is 7.99. The van der Waals surface area contributed by atoms with Crippen molar-refractivity contribution >= 4 is 70.6 Å². The maximum Gasteiger partial charge on any atom is 0.417 e. The first-order chi connectivity index (χ1) is 27.8. The smallest absolute Gasteiger partial charge is 0.417 e. The lowest BCUT2D eigenvalue weighted by Gasteiger charge is -2.51. The Bertz CT molecular complexity index is 1860. The summed E-state index contributed by atoms with van der Waals surface area (Å²) in [6, 6.07) is 9.94. The average Bonchev–Trinajstić information content (AvgIpc) is 3.16. The Kier molecular flexibility index (Phi) is 15.9. The van der Waals surface area contributed by atoms with Crippen molar-refractivity contribution in [1.82, 2.24) is 5.32 Å². The lowest BCUT2D eigenvalue weighted by molar-refractivity contribution is -0.343. The summed E-state index contributed by atoms with van der Waals surface area (Å²) in [4.78, 5) is 52.6. The summed E-state index contributed by atoms with van der Waals surface area (Å²) in [6.45, 7) is 1.55. The number of nitrogens with zero attached hydrogens (tertiary/aromatic N) is 3. The lowest BCUT2D eigenvalue weighted by atomic mass is 9.94. The molecule has 0 aliphatic carbocycles. The largest absolute Gasteiger partial charge is 0.463 e. The van der Waals surface area contributed by atoms with Crippen molar-refractivity contribution in [2.75, 3.05) is 19.8 Å². The average molecular weight is 916 g/mol. The Balaban J connectivity index is 1.63. The number of carbonyl (C=O) groups is 4. The van der Waals surface area contributed by atoms with Gasteiger partial charge in [0.15, 0.2) is 24.8 Å². The Labute approximate surface area is 353 Å². The first-order valence-electron chi connectivity index (χ1n) is 17.5. The van der Waals surface area contributed by atoms with Gasteiger partial charge in [-0.15, -0.1) is 0 Å². The second-order valence-corrected chi connectivity index (χ2v) is 16.6. The molecule has 0 unspecified atom stereocenters. The minimum absolute atomic E-state index is 0.225. The van der Waals surface area contributed by atoms with Crippen LogP contribution in [0, 0.1) is 0 Å². The molecule has 3 heterocycles. The molecule has 0 saturated carbocycles. The SMILES string of the molecule is CC(=O)OC[C@H]1O[C@H](O[C@@H]2[C@@H](NC(=O)OCC(Cl)(Cl)Cl)[C@H](Sc3ccccc3C(F)(F)F)O[C@@H]3CO[C@@H](c4ccccc4)O[C@@H]23)[C@H](N=[N+]=[N-])[C@@H](OC(C)=O)[C@@H]1OC(C)=O. The number of hydrogen-bond acceptors (Lipinski definition) is 15. The van der Waals surface area contributed by atoms with E-state index in [2.05, 4.69) is 15.3 Å². The molecule has 17 nitrogen and oxygen atoms in total. The quantitative estimate of drug-likeness (QED) is 0.0617. The molecule has 2 aromatic carbocycles. The van der Waals surface area contributed by atoms with Crippen molar-refractivity contribution < 1.29 is 75.0 Å². The molecule has 2 aromatic rings. The Hall–Kier alpha value is -3.76. The summed E-state index contributed by atoms with van der Waals surface area (Å²) in [5, 5.41) is 6.29. The van der Waals surface area contributed by atoms with Gasteiger partial charge in [0, 0.05) is 36.1 Å². The Morgan fingerprint density at radius 2 is 1.56 bits per heavy atom. The van der Waals surface area contributed by atoms with Crippen LogP contribution in [-0.4, -0.2) is 108 Å². The predicted octanol–water partition coefficient (Wildman–Crippen LogP) is 6.32. The molecule has 322 valence electrons. The van der Waals surface area contributed by atoms with Crippen LogP contribution in [0.4, 0.5) is 18.0 Å². The van der Waals surface area contributed by atoms with Gasteiger partial charge in [-0.1, -0.05) is 94.1 Å². The third-order valence-corrected chi connectivity index (χ3v) is 10.2. The number of alkyl halides is 6. The third-order valence-electron chi connectivity index (χ3n) is 8.64. The molecule has 3 saturated heterocycles. The van der Waals surface area contributed by atoms with Gasteiger partial charge >= 0.3 is 30.2 Å². The Morgan fingerprint density at radius 3 is 2.19 bits per heavy atom. The first-order valence-corrected chi connectivity index (χ1v) is 19.5. The lowest BCUT2D eigenvalue weighted by Crippen LogP contribution is -2.69. The maximum atomic E-state index is 14.3. The van der Waals surface area contributed by atoms with E-state index in [1.165, 1.54) is 18.2 Å². The number of amides is 1. The van der Waals surface area contributed by atoms with Gasteiger partial charge in [0.25, 0.3) is 0 Å². The second kappa shape index (κ2) is 20.2. The molecule has 3 aliphatic rings. The molecule has 0 aromatic heterocycles. The zero-order valence-electron chi connectivity index (χ0n) is 31.0. The number of thioether (sulfide) groups is 1. The predicted molar refractivity (Wildman–Crippen MR) is 199 cm³/mol. The number of esters is 3. The van der Waals surface area contributed by atoms with Gasteiger partial charge in [-0.2, -0.15) is 13.2 Å². The summed E-state index contributed by atoms with van der Waals surface area (Å²) in [5.74, 6) is -2.58. The number of rotatable bonds is 12. The summed E-state index contributed by atoms with van der Waals surface area (Å²) >= 11 is 18.0. The topological polar surface area (TPSA) is 212 Å². The summed E-state index contributed by atoms with van der Waals surface area (Å²) in [5.41, 5.74) is 7.75. The van der Waals surface area contributed by atoms with Crippen LogP contribution in [0.5, 0.6) is 0 Å². The van der Waals surface area contributed by atoms with E-state index in [0.717, 1.165) is 26.8 Å². The highest BCUT2D eigenvalue weighted by Gasteiger charge is 2.57. The molecule has 24 heteroatoms.